The number of nitrogens with two attached hydrogens (primary N) is 1. The van der Waals surface area contributed by atoms with Crippen molar-refractivity contribution in [2.45, 2.75) is 31.8 Å². The Morgan fingerprint density at radius 3 is 2.94 bits per heavy atom. The van der Waals surface area contributed by atoms with Gasteiger partial charge in [0.05, 0.1) is 12.7 Å². The van der Waals surface area contributed by atoms with E-state index in [0.29, 0.717) is 28.8 Å². The first-order valence-electron chi connectivity index (χ1n) is 5.89. The van der Waals surface area contributed by atoms with Crippen molar-refractivity contribution in [1.82, 2.24) is 9.97 Å². The molecule has 0 saturated heterocycles. The Morgan fingerprint density at radius 1 is 1.41 bits per heavy atom. The zero-order valence-corrected chi connectivity index (χ0v) is 11.2. The van der Waals surface area contributed by atoms with Crippen LogP contribution in [0.2, 0.25) is 0 Å². The van der Waals surface area contributed by atoms with Gasteiger partial charge in [-0.15, -0.1) is 0 Å². The molecule has 5 nitrogen and oxygen atoms in total. The molecular weight excluding hydrogens is 284 g/mol. The van der Waals surface area contributed by atoms with Gasteiger partial charge in [-0.2, -0.15) is 0 Å². The second kappa shape index (κ2) is 6.16. The summed E-state index contributed by atoms with van der Waals surface area (Å²) in [5.41, 5.74) is 5.66. The molecule has 3 N–H and O–H groups in total. The molecule has 0 unspecified atom stereocenters. The van der Waals surface area contributed by atoms with Crippen LogP contribution in [-0.2, 0) is 4.74 Å². The maximum absolute atomic E-state index is 5.74. The smallest absolute Gasteiger partial charge is 0.146 e. The van der Waals surface area contributed by atoms with Gasteiger partial charge in [-0.1, -0.05) is 12.8 Å². The van der Waals surface area contributed by atoms with Crippen molar-refractivity contribution in [3.8, 4) is 0 Å². The molecule has 6 heteroatoms. The van der Waals surface area contributed by atoms with E-state index in [1.165, 1.54) is 32.0 Å². The average molecular weight is 301 g/mol. The van der Waals surface area contributed by atoms with Crippen molar-refractivity contribution in [3.63, 3.8) is 0 Å². The van der Waals surface area contributed by atoms with E-state index in [1.807, 2.05) is 0 Å². The lowest BCUT2D eigenvalue weighted by atomic mass is 10.3. The van der Waals surface area contributed by atoms with Crippen LogP contribution in [0.3, 0.4) is 0 Å². The summed E-state index contributed by atoms with van der Waals surface area (Å²) in [4.78, 5) is 7.98. The van der Waals surface area contributed by atoms with Gasteiger partial charge in [0.2, 0.25) is 0 Å². The Morgan fingerprint density at radius 2 is 2.18 bits per heavy atom. The van der Waals surface area contributed by atoms with Gasteiger partial charge in [-0.25, -0.2) is 9.97 Å². The zero-order chi connectivity index (χ0) is 12.1. The number of halogens is 1. The molecule has 94 valence electrons. The fourth-order valence-corrected chi connectivity index (χ4v) is 2.30. The Labute approximate surface area is 109 Å². The molecule has 17 heavy (non-hydrogen) atoms. The van der Waals surface area contributed by atoms with E-state index in [9.17, 15) is 0 Å². The van der Waals surface area contributed by atoms with Crippen LogP contribution in [0.1, 0.15) is 25.7 Å². The van der Waals surface area contributed by atoms with Crippen LogP contribution in [0.25, 0.3) is 0 Å². The van der Waals surface area contributed by atoms with Gasteiger partial charge in [0, 0.05) is 6.54 Å². The molecule has 0 radical (unpaired) electrons. The fraction of sp³-hybridized carbons (Fsp3) is 0.636. The summed E-state index contributed by atoms with van der Waals surface area (Å²) in [7, 11) is 0. The van der Waals surface area contributed by atoms with Crippen molar-refractivity contribution in [3.05, 3.63) is 10.8 Å². The quantitative estimate of drug-likeness (QED) is 0.816. The molecule has 0 aromatic carbocycles. The highest BCUT2D eigenvalue weighted by Crippen LogP contribution is 2.24. The van der Waals surface area contributed by atoms with E-state index in [4.69, 9.17) is 10.5 Å². The lowest BCUT2D eigenvalue weighted by Crippen LogP contribution is -2.16. The number of nitrogen functional groups attached to an aromatic ring is 1. The number of nitrogens with zero attached hydrogens (tertiary/aromatic N) is 2. The summed E-state index contributed by atoms with van der Waals surface area (Å²) in [6.07, 6.45) is 6.89. The number of hydrogen-bond donors (Lipinski definition) is 2. The molecule has 2 rings (SSSR count). The Balaban J connectivity index is 1.72. The third-order valence-electron chi connectivity index (χ3n) is 2.87. The number of nitrogens with one attached hydrogen (secondary N) is 1. The fourth-order valence-electron chi connectivity index (χ4n) is 1.96. The highest BCUT2D eigenvalue weighted by molar-refractivity contribution is 9.10. The van der Waals surface area contributed by atoms with Crippen LogP contribution in [-0.4, -0.2) is 29.2 Å². The van der Waals surface area contributed by atoms with Crippen LogP contribution in [0.15, 0.2) is 10.8 Å². The van der Waals surface area contributed by atoms with Gasteiger partial charge in [0.25, 0.3) is 0 Å². The van der Waals surface area contributed by atoms with Crippen LogP contribution in [0.5, 0.6) is 0 Å². The van der Waals surface area contributed by atoms with E-state index in [1.54, 1.807) is 0 Å². The molecule has 1 heterocycles. The molecule has 1 aliphatic carbocycles. The van der Waals surface area contributed by atoms with Gasteiger partial charge in [0.1, 0.15) is 22.4 Å². The van der Waals surface area contributed by atoms with Gasteiger partial charge in [-0.3, -0.25) is 0 Å². The highest BCUT2D eigenvalue weighted by atomic mass is 79.9. The molecular formula is C11H17BrN4O. The molecule has 0 amide bonds. The van der Waals surface area contributed by atoms with Crippen molar-refractivity contribution in [2.75, 3.05) is 24.2 Å². The first kappa shape index (κ1) is 12.6. The Kier molecular flexibility index (Phi) is 4.56. The second-order valence-electron chi connectivity index (χ2n) is 4.13. The average Bonchev–Trinajstić information content (AvgIpc) is 2.83. The molecule has 0 bridgehead atoms. The predicted octanol–water partition coefficient (Wildman–Crippen LogP) is 2.19. The molecule has 0 spiro atoms. The third-order valence-corrected chi connectivity index (χ3v) is 3.65. The molecule has 1 aromatic heterocycles. The maximum atomic E-state index is 5.74. The topological polar surface area (TPSA) is 73.1 Å². The number of hydrogen-bond acceptors (Lipinski definition) is 5. The molecule has 1 aliphatic rings. The van der Waals surface area contributed by atoms with Gasteiger partial charge in [0.15, 0.2) is 0 Å². The number of anilines is 2. The molecule has 1 fully saturated rings. The van der Waals surface area contributed by atoms with Gasteiger partial charge in [-0.05, 0) is 28.8 Å². The van der Waals surface area contributed by atoms with E-state index in [2.05, 4.69) is 31.2 Å². The summed E-state index contributed by atoms with van der Waals surface area (Å²) in [6.45, 7) is 1.42. The number of aromatic nitrogens is 2. The lowest BCUT2D eigenvalue weighted by molar-refractivity contribution is 0.0658. The lowest BCUT2D eigenvalue weighted by Gasteiger charge is -2.12. The normalized spacial score (nSPS) is 16.3. The van der Waals surface area contributed by atoms with Crippen LogP contribution in [0, 0.1) is 0 Å². The Bertz CT molecular complexity index is 368. The predicted molar refractivity (Wildman–Crippen MR) is 70.8 cm³/mol. The minimum absolute atomic E-state index is 0.444. The summed E-state index contributed by atoms with van der Waals surface area (Å²) in [5.74, 6) is 1.16. The van der Waals surface area contributed by atoms with Crippen LogP contribution < -0.4 is 11.1 Å². The van der Waals surface area contributed by atoms with E-state index >= 15 is 0 Å². The summed E-state index contributed by atoms with van der Waals surface area (Å²) < 4.78 is 6.45. The SMILES string of the molecule is Nc1ncnc(NCCOC2CCCC2)c1Br. The second-order valence-corrected chi connectivity index (χ2v) is 4.92. The van der Waals surface area contributed by atoms with Gasteiger partial charge < -0.3 is 15.8 Å². The van der Waals surface area contributed by atoms with Crippen molar-refractivity contribution in [2.24, 2.45) is 0 Å². The zero-order valence-electron chi connectivity index (χ0n) is 9.66. The largest absolute Gasteiger partial charge is 0.383 e. The van der Waals surface area contributed by atoms with E-state index < -0.39 is 0 Å². The minimum Gasteiger partial charge on any atom is -0.383 e. The van der Waals surface area contributed by atoms with Crippen molar-refractivity contribution >= 4 is 27.6 Å². The monoisotopic (exact) mass is 300 g/mol. The van der Waals surface area contributed by atoms with E-state index in [-0.39, 0.29) is 0 Å². The van der Waals surface area contributed by atoms with Crippen molar-refractivity contribution in [1.29, 1.82) is 0 Å². The summed E-state index contributed by atoms with van der Waals surface area (Å²) in [5, 5.41) is 3.17. The third kappa shape index (κ3) is 3.54. The first-order chi connectivity index (χ1) is 8.27. The number of ether oxygens (including phenoxy) is 1. The van der Waals surface area contributed by atoms with Crippen LogP contribution >= 0.6 is 15.9 Å². The summed E-state index contributed by atoms with van der Waals surface area (Å²) >= 11 is 3.35. The molecule has 0 atom stereocenters. The van der Waals surface area contributed by atoms with E-state index in [0.717, 1.165) is 6.54 Å². The molecule has 1 saturated carbocycles. The standard InChI is InChI=1S/C11H17BrN4O/c12-9-10(13)15-7-16-11(9)14-5-6-17-8-3-1-2-4-8/h7-8H,1-6H2,(H3,13,14,15,16). The highest BCUT2D eigenvalue weighted by Gasteiger charge is 2.14. The molecule has 0 aliphatic heterocycles. The number of rotatable bonds is 5. The first-order valence-corrected chi connectivity index (χ1v) is 6.68. The molecule has 1 aromatic rings. The van der Waals surface area contributed by atoms with Gasteiger partial charge >= 0.3 is 0 Å². The summed E-state index contributed by atoms with van der Waals surface area (Å²) in [6, 6.07) is 0. The maximum Gasteiger partial charge on any atom is 0.146 e. The Hall–Kier alpha value is -0.880. The minimum atomic E-state index is 0.444. The van der Waals surface area contributed by atoms with Crippen LogP contribution in [0.4, 0.5) is 11.6 Å². The van der Waals surface area contributed by atoms with Crippen molar-refractivity contribution < 1.29 is 4.74 Å².